The Hall–Kier alpha value is -3.11. The Labute approximate surface area is 188 Å². The van der Waals surface area contributed by atoms with Gasteiger partial charge in [-0.25, -0.2) is 4.98 Å². The first-order chi connectivity index (χ1) is 15.1. The van der Waals surface area contributed by atoms with Crippen LogP contribution >= 0.6 is 22.7 Å². The normalized spacial score (nSPS) is 10.4. The van der Waals surface area contributed by atoms with Crippen molar-refractivity contribution >= 4 is 34.5 Å². The number of thiophene rings is 1. The van der Waals surface area contributed by atoms with Crippen LogP contribution in [0.25, 0.3) is 10.6 Å². The van der Waals surface area contributed by atoms with E-state index in [-0.39, 0.29) is 11.3 Å². The first kappa shape index (κ1) is 22.6. The number of carbonyl (C=O) groups excluding carboxylic acids is 2. The van der Waals surface area contributed by atoms with Gasteiger partial charge in [0.1, 0.15) is 10.7 Å². The van der Waals surface area contributed by atoms with Gasteiger partial charge in [-0.05, 0) is 44.4 Å². The second-order valence-electron chi connectivity index (χ2n) is 6.06. The molecule has 10 heteroatoms. The first-order valence-electron chi connectivity index (χ1n) is 9.72. The molecule has 2 N–H and O–H groups in total. The molecule has 164 valence electrons. The highest BCUT2D eigenvalue weighted by molar-refractivity contribution is 7.14. The molecule has 0 radical (unpaired) electrons. The maximum Gasteiger partial charge on any atom is 0.289 e. The van der Waals surface area contributed by atoms with Crippen molar-refractivity contribution in [1.82, 2.24) is 15.8 Å². The summed E-state index contributed by atoms with van der Waals surface area (Å²) in [5, 5.41) is 6.29. The van der Waals surface area contributed by atoms with Crippen molar-refractivity contribution in [1.29, 1.82) is 0 Å². The van der Waals surface area contributed by atoms with Gasteiger partial charge in [0.05, 0.1) is 19.8 Å². The minimum Gasteiger partial charge on any atom is -0.490 e. The standard InChI is InChI=1S/C21H23N3O5S2/c1-4-27-16-9-14(10-17(28-5-2)18(16)29-6-3)19(25)23-24-20(26)15-12-31-21(22-15)13-7-8-30-11-13/h7-12H,4-6H2,1-3H3,(H,23,25)(H,24,26). The molecular weight excluding hydrogens is 438 g/mol. The van der Waals surface area contributed by atoms with Gasteiger partial charge in [-0.15, -0.1) is 11.3 Å². The Bertz CT molecular complexity index is 1010. The van der Waals surface area contributed by atoms with Crippen LogP contribution in [0.4, 0.5) is 0 Å². The third-order valence-corrected chi connectivity index (χ3v) is 5.54. The van der Waals surface area contributed by atoms with Crippen molar-refractivity contribution in [3.63, 3.8) is 0 Å². The summed E-state index contributed by atoms with van der Waals surface area (Å²) in [5.74, 6) is 0.201. The molecule has 3 rings (SSSR count). The average molecular weight is 462 g/mol. The van der Waals surface area contributed by atoms with E-state index in [0.29, 0.717) is 37.1 Å². The number of hydrogen-bond acceptors (Lipinski definition) is 8. The minimum absolute atomic E-state index is 0.225. The molecule has 0 aliphatic carbocycles. The lowest BCUT2D eigenvalue weighted by atomic mass is 10.1. The monoisotopic (exact) mass is 461 g/mol. The highest BCUT2D eigenvalue weighted by Crippen LogP contribution is 2.39. The van der Waals surface area contributed by atoms with Crippen molar-refractivity contribution in [2.24, 2.45) is 0 Å². The minimum atomic E-state index is -0.522. The fraction of sp³-hybridized carbons (Fsp3) is 0.286. The lowest BCUT2D eigenvalue weighted by Gasteiger charge is -2.17. The number of thiazole rings is 1. The zero-order chi connectivity index (χ0) is 22.2. The SMILES string of the molecule is CCOc1cc(C(=O)NNC(=O)c2csc(-c3ccsc3)n2)cc(OCC)c1OCC. The van der Waals surface area contributed by atoms with Crippen molar-refractivity contribution in [2.45, 2.75) is 20.8 Å². The maximum atomic E-state index is 12.7. The molecule has 0 saturated heterocycles. The van der Waals surface area contributed by atoms with Gasteiger partial charge in [-0.1, -0.05) is 0 Å². The Balaban J connectivity index is 1.72. The van der Waals surface area contributed by atoms with Crippen LogP contribution in [0.1, 0.15) is 41.6 Å². The zero-order valence-corrected chi connectivity index (χ0v) is 19.0. The molecular formula is C21H23N3O5S2. The molecule has 0 aliphatic rings. The topological polar surface area (TPSA) is 98.8 Å². The van der Waals surface area contributed by atoms with E-state index in [1.54, 1.807) is 28.8 Å². The number of amides is 2. The number of benzene rings is 1. The highest BCUT2D eigenvalue weighted by atomic mass is 32.1. The fourth-order valence-corrected chi connectivity index (χ4v) is 4.18. The molecule has 2 heterocycles. The van der Waals surface area contributed by atoms with Gasteiger partial charge in [0.2, 0.25) is 5.75 Å². The van der Waals surface area contributed by atoms with E-state index in [1.165, 1.54) is 11.3 Å². The van der Waals surface area contributed by atoms with Gasteiger partial charge in [0.15, 0.2) is 11.5 Å². The highest BCUT2D eigenvalue weighted by Gasteiger charge is 2.19. The van der Waals surface area contributed by atoms with E-state index in [0.717, 1.165) is 10.6 Å². The van der Waals surface area contributed by atoms with Crippen molar-refractivity contribution in [3.05, 3.63) is 45.6 Å². The Morgan fingerprint density at radius 1 is 0.935 bits per heavy atom. The molecule has 2 aromatic heterocycles. The van der Waals surface area contributed by atoms with E-state index in [2.05, 4.69) is 15.8 Å². The lowest BCUT2D eigenvalue weighted by Crippen LogP contribution is -2.41. The van der Waals surface area contributed by atoms with Gasteiger partial charge in [-0.2, -0.15) is 11.3 Å². The van der Waals surface area contributed by atoms with Crippen LogP contribution in [-0.4, -0.2) is 36.6 Å². The number of hydrazine groups is 1. The van der Waals surface area contributed by atoms with Crippen LogP contribution in [-0.2, 0) is 0 Å². The van der Waals surface area contributed by atoms with Crippen LogP contribution in [0, 0.1) is 0 Å². The summed E-state index contributed by atoms with van der Waals surface area (Å²) >= 11 is 2.92. The van der Waals surface area contributed by atoms with E-state index in [4.69, 9.17) is 14.2 Å². The lowest BCUT2D eigenvalue weighted by molar-refractivity contribution is 0.0844. The van der Waals surface area contributed by atoms with Gasteiger partial charge in [-0.3, -0.25) is 20.4 Å². The second kappa shape index (κ2) is 10.8. The van der Waals surface area contributed by atoms with Crippen molar-refractivity contribution < 1.29 is 23.8 Å². The predicted octanol–water partition coefficient (Wildman–Crippen LogP) is 4.14. The number of ether oxygens (including phenoxy) is 3. The summed E-state index contributed by atoms with van der Waals surface area (Å²) in [6.07, 6.45) is 0. The number of carbonyl (C=O) groups is 2. The molecule has 0 unspecified atom stereocenters. The van der Waals surface area contributed by atoms with Gasteiger partial charge < -0.3 is 14.2 Å². The van der Waals surface area contributed by atoms with Crippen molar-refractivity contribution in [3.8, 4) is 27.8 Å². The molecule has 0 fully saturated rings. The largest absolute Gasteiger partial charge is 0.490 e. The molecule has 31 heavy (non-hydrogen) atoms. The van der Waals surface area contributed by atoms with Gasteiger partial charge in [0, 0.05) is 21.9 Å². The van der Waals surface area contributed by atoms with Gasteiger partial charge in [0.25, 0.3) is 11.8 Å². The van der Waals surface area contributed by atoms with Crippen molar-refractivity contribution in [2.75, 3.05) is 19.8 Å². The molecule has 0 atom stereocenters. The number of rotatable bonds is 9. The molecule has 0 spiro atoms. The van der Waals surface area contributed by atoms with E-state index in [9.17, 15) is 9.59 Å². The molecule has 0 bridgehead atoms. The van der Waals surface area contributed by atoms with Crippen LogP contribution < -0.4 is 25.1 Å². The fourth-order valence-electron chi connectivity index (χ4n) is 2.67. The first-order valence-corrected chi connectivity index (χ1v) is 11.5. The number of hydrogen-bond donors (Lipinski definition) is 2. The number of nitrogens with one attached hydrogen (secondary N) is 2. The van der Waals surface area contributed by atoms with E-state index < -0.39 is 11.8 Å². The average Bonchev–Trinajstić information content (AvgIpc) is 3.46. The third-order valence-electron chi connectivity index (χ3n) is 3.97. The van der Waals surface area contributed by atoms with Crippen LogP contribution in [0.3, 0.4) is 0 Å². The number of nitrogens with zero attached hydrogens (tertiary/aromatic N) is 1. The zero-order valence-electron chi connectivity index (χ0n) is 17.4. The quantitative estimate of drug-likeness (QED) is 0.465. The molecule has 3 aromatic rings. The molecule has 0 saturated carbocycles. The smallest absolute Gasteiger partial charge is 0.289 e. The third kappa shape index (κ3) is 5.53. The summed E-state index contributed by atoms with van der Waals surface area (Å²) in [6, 6.07) is 5.04. The summed E-state index contributed by atoms with van der Waals surface area (Å²) in [5.41, 5.74) is 6.24. The van der Waals surface area contributed by atoms with E-state index >= 15 is 0 Å². The predicted molar refractivity (Wildman–Crippen MR) is 120 cm³/mol. The van der Waals surface area contributed by atoms with E-state index in [1.807, 2.05) is 37.6 Å². The maximum absolute atomic E-state index is 12.7. The second-order valence-corrected chi connectivity index (χ2v) is 7.70. The summed E-state index contributed by atoms with van der Waals surface area (Å²) < 4.78 is 16.9. The van der Waals surface area contributed by atoms with Crippen LogP contribution in [0.2, 0.25) is 0 Å². The molecule has 0 aliphatic heterocycles. The van der Waals surface area contributed by atoms with Crippen LogP contribution in [0.5, 0.6) is 17.2 Å². The Morgan fingerprint density at radius 2 is 1.58 bits per heavy atom. The molecule has 8 nitrogen and oxygen atoms in total. The summed E-state index contributed by atoms with van der Waals surface area (Å²) in [4.78, 5) is 29.4. The number of aromatic nitrogens is 1. The van der Waals surface area contributed by atoms with Crippen LogP contribution in [0.15, 0.2) is 34.3 Å². The molecule has 1 aromatic carbocycles. The Kier molecular flexibility index (Phi) is 7.85. The van der Waals surface area contributed by atoms with Gasteiger partial charge >= 0.3 is 0 Å². The Morgan fingerprint density at radius 3 is 2.16 bits per heavy atom. The summed E-state index contributed by atoms with van der Waals surface area (Å²) in [6.45, 7) is 6.72. The molecule has 2 amide bonds. The summed E-state index contributed by atoms with van der Waals surface area (Å²) in [7, 11) is 0.